The van der Waals surface area contributed by atoms with Gasteiger partial charge in [-0.05, 0) is 39.9 Å². The van der Waals surface area contributed by atoms with E-state index in [1.165, 1.54) is 17.4 Å². The summed E-state index contributed by atoms with van der Waals surface area (Å²) in [5.41, 5.74) is 1.04. The Morgan fingerprint density at radius 1 is 1.36 bits per heavy atom. The maximum absolute atomic E-state index is 12.7. The number of hydrogen-bond acceptors (Lipinski definition) is 1. The molecule has 0 aliphatic heterocycles. The lowest BCUT2D eigenvalue weighted by molar-refractivity contribution is 0.153. The van der Waals surface area contributed by atoms with Crippen LogP contribution in [0.4, 0.5) is 8.78 Å². The van der Waals surface area contributed by atoms with Gasteiger partial charge in [0.05, 0.1) is 0 Å². The Kier molecular flexibility index (Phi) is 2.58. The summed E-state index contributed by atoms with van der Waals surface area (Å²) in [7, 11) is 0. The number of fused-ring (bicyclic) bond motifs is 1. The number of rotatable bonds is 1. The molecule has 2 aromatic rings. The summed E-state index contributed by atoms with van der Waals surface area (Å²) in [6.07, 6.45) is -2.40. The van der Waals surface area contributed by atoms with Crippen LogP contribution in [0.25, 0.3) is 10.1 Å². The first-order valence-electron chi connectivity index (χ1n) is 4.05. The Labute approximate surface area is 92.7 Å². The number of thiophene rings is 1. The van der Waals surface area contributed by atoms with Gasteiger partial charge in [0.1, 0.15) is 0 Å². The average molecular weight is 277 g/mol. The molecule has 0 bridgehead atoms. The van der Waals surface area contributed by atoms with Crippen LogP contribution < -0.4 is 0 Å². The zero-order valence-electron chi connectivity index (χ0n) is 7.35. The molecule has 0 spiro atoms. The van der Waals surface area contributed by atoms with Crippen molar-refractivity contribution in [2.75, 3.05) is 0 Å². The highest BCUT2D eigenvalue weighted by atomic mass is 79.9. The minimum absolute atomic E-state index is 0.127. The number of hydrogen-bond donors (Lipinski definition) is 0. The molecular weight excluding hydrogens is 270 g/mol. The van der Waals surface area contributed by atoms with Crippen LogP contribution in [0.15, 0.2) is 22.0 Å². The molecule has 0 amide bonds. The first-order valence-corrected chi connectivity index (χ1v) is 5.73. The lowest BCUT2D eigenvalue weighted by atomic mass is 10.1. The third-order valence-electron chi connectivity index (χ3n) is 2.12. The fourth-order valence-corrected chi connectivity index (χ4v) is 3.08. The molecule has 0 atom stereocenters. The van der Waals surface area contributed by atoms with Crippen LogP contribution in [0.3, 0.4) is 0 Å². The molecule has 4 heteroatoms. The minimum atomic E-state index is -2.40. The van der Waals surface area contributed by atoms with Crippen LogP contribution in [0.5, 0.6) is 0 Å². The predicted octanol–water partition coefficient (Wildman–Crippen LogP) is 4.91. The summed E-state index contributed by atoms with van der Waals surface area (Å²) in [5, 5.41) is 2.60. The molecular formula is C10H7BrF2S. The average Bonchev–Trinajstić information content (AvgIpc) is 2.50. The van der Waals surface area contributed by atoms with Gasteiger partial charge in [-0.2, -0.15) is 0 Å². The maximum atomic E-state index is 12.7. The summed E-state index contributed by atoms with van der Waals surface area (Å²) in [4.78, 5) is 0. The van der Waals surface area contributed by atoms with E-state index in [4.69, 9.17) is 0 Å². The number of halogens is 3. The first kappa shape index (κ1) is 10.1. The van der Waals surface area contributed by atoms with E-state index in [2.05, 4.69) is 15.9 Å². The van der Waals surface area contributed by atoms with Gasteiger partial charge in [0.15, 0.2) is 0 Å². The van der Waals surface area contributed by atoms with Crippen molar-refractivity contribution in [1.29, 1.82) is 0 Å². The van der Waals surface area contributed by atoms with Crippen LogP contribution in [-0.2, 0) is 0 Å². The summed E-state index contributed by atoms with van der Waals surface area (Å²) in [6.45, 7) is 1.86. The van der Waals surface area contributed by atoms with Gasteiger partial charge in [0.25, 0.3) is 6.43 Å². The molecule has 0 saturated carbocycles. The second kappa shape index (κ2) is 3.59. The lowest BCUT2D eigenvalue weighted by Crippen LogP contribution is -1.86. The van der Waals surface area contributed by atoms with Crippen molar-refractivity contribution in [3.8, 4) is 0 Å². The SMILES string of the molecule is Cc1csc2c(Br)ccc(C(F)F)c12. The van der Waals surface area contributed by atoms with E-state index in [1.54, 1.807) is 6.07 Å². The molecule has 0 radical (unpaired) electrons. The van der Waals surface area contributed by atoms with Crippen LogP contribution in [0.2, 0.25) is 0 Å². The van der Waals surface area contributed by atoms with Gasteiger partial charge in [-0.15, -0.1) is 11.3 Å². The predicted molar refractivity (Wildman–Crippen MR) is 59.2 cm³/mol. The fourth-order valence-electron chi connectivity index (χ4n) is 1.48. The molecule has 0 aliphatic rings. The van der Waals surface area contributed by atoms with E-state index in [0.717, 1.165) is 14.7 Å². The van der Waals surface area contributed by atoms with Crippen molar-refractivity contribution in [2.45, 2.75) is 13.3 Å². The molecule has 0 nitrogen and oxygen atoms in total. The Balaban J connectivity index is 2.85. The molecule has 0 N–H and O–H groups in total. The van der Waals surface area contributed by atoms with Gasteiger partial charge in [0.2, 0.25) is 0 Å². The maximum Gasteiger partial charge on any atom is 0.264 e. The fraction of sp³-hybridized carbons (Fsp3) is 0.200. The first-order chi connectivity index (χ1) is 6.61. The Bertz CT molecular complexity index is 476. The summed E-state index contributed by atoms with van der Waals surface area (Å²) >= 11 is 4.85. The molecule has 0 aliphatic carbocycles. The number of benzene rings is 1. The van der Waals surface area contributed by atoms with E-state index in [1.807, 2.05) is 12.3 Å². The van der Waals surface area contributed by atoms with E-state index in [9.17, 15) is 8.78 Å². The van der Waals surface area contributed by atoms with Crippen LogP contribution >= 0.6 is 27.3 Å². The molecule has 2 rings (SSSR count). The minimum Gasteiger partial charge on any atom is -0.205 e. The highest BCUT2D eigenvalue weighted by Crippen LogP contribution is 2.38. The lowest BCUT2D eigenvalue weighted by Gasteiger charge is -2.04. The van der Waals surface area contributed by atoms with Crippen LogP contribution in [0.1, 0.15) is 17.6 Å². The third-order valence-corrected chi connectivity index (χ3v) is 4.18. The van der Waals surface area contributed by atoms with Crippen LogP contribution in [-0.4, -0.2) is 0 Å². The Morgan fingerprint density at radius 3 is 2.71 bits per heavy atom. The van der Waals surface area contributed by atoms with Gasteiger partial charge in [-0.3, -0.25) is 0 Å². The van der Waals surface area contributed by atoms with E-state index >= 15 is 0 Å². The van der Waals surface area contributed by atoms with Crippen LogP contribution in [0, 0.1) is 6.92 Å². The van der Waals surface area contributed by atoms with Crippen molar-refractivity contribution in [3.63, 3.8) is 0 Å². The van der Waals surface area contributed by atoms with E-state index in [0.29, 0.717) is 5.39 Å². The monoisotopic (exact) mass is 276 g/mol. The molecule has 1 aromatic carbocycles. The van der Waals surface area contributed by atoms with E-state index in [-0.39, 0.29) is 5.56 Å². The van der Waals surface area contributed by atoms with Crippen molar-refractivity contribution in [1.82, 2.24) is 0 Å². The topological polar surface area (TPSA) is 0 Å². The third kappa shape index (κ3) is 1.46. The molecule has 1 heterocycles. The summed E-state index contributed by atoms with van der Waals surface area (Å²) in [6, 6.07) is 3.16. The highest BCUT2D eigenvalue weighted by Gasteiger charge is 2.15. The quantitative estimate of drug-likeness (QED) is 0.694. The zero-order chi connectivity index (χ0) is 10.3. The number of alkyl halides is 2. The molecule has 0 unspecified atom stereocenters. The Morgan fingerprint density at radius 2 is 2.07 bits per heavy atom. The van der Waals surface area contributed by atoms with Gasteiger partial charge >= 0.3 is 0 Å². The molecule has 0 fully saturated rings. The van der Waals surface area contributed by atoms with Gasteiger partial charge < -0.3 is 0 Å². The standard InChI is InChI=1S/C10H7BrF2S/c1-5-4-14-9-7(11)3-2-6(8(5)9)10(12)13/h2-4,10H,1H3. The smallest absolute Gasteiger partial charge is 0.205 e. The second-order valence-corrected chi connectivity index (χ2v) is 4.79. The zero-order valence-corrected chi connectivity index (χ0v) is 9.75. The summed E-state index contributed by atoms with van der Waals surface area (Å²) in [5.74, 6) is 0. The van der Waals surface area contributed by atoms with Crippen molar-refractivity contribution in [2.24, 2.45) is 0 Å². The summed E-state index contributed by atoms with van der Waals surface area (Å²) < 4.78 is 27.1. The molecule has 0 saturated heterocycles. The molecule has 14 heavy (non-hydrogen) atoms. The molecule has 74 valence electrons. The largest absolute Gasteiger partial charge is 0.264 e. The van der Waals surface area contributed by atoms with Crippen molar-refractivity contribution >= 4 is 37.4 Å². The Hall–Kier alpha value is -0.480. The normalized spacial score (nSPS) is 11.5. The van der Waals surface area contributed by atoms with Gasteiger partial charge in [-0.25, -0.2) is 8.78 Å². The van der Waals surface area contributed by atoms with E-state index < -0.39 is 6.43 Å². The molecule has 1 aromatic heterocycles. The highest BCUT2D eigenvalue weighted by molar-refractivity contribution is 9.10. The van der Waals surface area contributed by atoms with Gasteiger partial charge in [0, 0.05) is 20.1 Å². The second-order valence-electron chi connectivity index (χ2n) is 3.06. The van der Waals surface area contributed by atoms with Crippen molar-refractivity contribution < 1.29 is 8.78 Å². The number of aryl methyl sites for hydroxylation is 1. The van der Waals surface area contributed by atoms with Gasteiger partial charge in [-0.1, -0.05) is 6.07 Å². The van der Waals surface area contributed by atoms with Crippen molar-refractivity contribution in [3.05, 3.63) is 33.1 Å².